The van der Waals surface area contributed by atoms with E-state index in [4.69, 9.17) is 4.74 Å². The Morgan fingerprint density at radius 1 is 1.38 bits per heavy atom. The molecule has 0 aliphatic rings. The van der Waals surface area contributed by atoms with Crippen molar-refractivity contribution >= 4 is 5.97 Å². The van der Waals surface area contributed by atoms with Gasteiger partial charge in [-0.2, -0.15) is 0 Å². The van der Waals surface area contributed by atoms with Gasteiger partial charge in [-0.1, -0.05) is 0 Å². The fraction of sp³-hybridized carbons (Fsp3) is 0.583. The summed E-state index contributed by atoms with van der Waals surface area (Å²) < 4.78 is 6.87. The Bertz CT molecular complexity index is 394. The summed E-state index contributed by atoms with van der Waals surface area (Å²) >= 11 is 0. The van der Waals surface area contributed by atoms with E-state index in [1.807, 2.05) is 32.5 Å². The lowest BCUT2D eigenvalue weighted by Gasteiger charge is -2.04. The van der Waals surface area contributed by atoms with Gasteiger partial charge in [0.1, 0.15) is 0 Å². The molecule has 0 aromatic carbocycles. The van der Waals surface area contributed by atoms with Gasteiger partial charge < -0.3 is 14.6 Å². The SMILES string of the molecule is CNCCc1c(C(=O)OC)c(C)n(C)c1C. The van der Waals surface area contributed by atoms with Gasteiger partial charge in [-0.25, -0.2) is 4.79 Å². The molecule has 1 aromatic rings. The number of rotatable bonds is 4. The number of carbonyl (C=O) groups excluding carboxylic acids is 1. The summed E-state index contributed by atoms with van der Waals surface area (Å²) in [5, 5.41) is 3.09. The van der Waals surface area contributed by atoms with Crippen molar-refractivity contribution in [3.63, 3.8) is 0 Å². The lowest BCUT2D eigenvalue weighted by atomic mass is 10.1. The molecule has 1 N–H and O–H groups in total. The third-order valence-corrected chi connectivity index (χ3v) is 3.12. The normalized spacial score (nSPS) is 10.6. The Hall–Kier alpha value is -1.29. The monoisotopic (exact) mass is 224 g/mol. The molecule has 1 rings (SSSR count). The Morgan fingerprint density at radius 3 is 2.50 bits per heavy atom. The van der Waals surface area contributed by atoms with Crippen molar-refractivity contribution in [3.05, 3.63) is 22.5 Å². The standard InChI is InChI=1S/C12H20N2O2/c1-8-10(6-7-13-3)11(12(15)16-5)9(2)14(8)4/h13H,6-7H2,1-5H3. The Labute approximate surface area is 96.6 Å². The van der Waals surface area contributed by atoms with Gasteiger partial charge in [0.15, 0.2) is 0 Å². The molecule has 4 heteroatoms. The van der Waals surface area contributed by atoms with Crippen LogP contribution in [0.4, 0.5) is 0 Å². The number of hydrogen-bond acceptors (Lipinski definition) is 3. The number of carbonyl (C=O) groups is 1. The smallest absolute Gasteiger partial charge is 0.339 e. The molecule has 16 heavy (non-hydrogen) atoms. The summed E-state index contributed by atoms with van der Waals surface area (Å²) in [5.41, 5.74) is 3.91. The quantitative estimate of drug-likeness (QED) is 0.781. The molecular weight excluding hydrogens is 204 g/mol. The van der Waals surface area contributed by atoms with Crippen molar-refractivity contribution in [2.45, 2.75) is 20.3 Å². The lowest BCUT2D eigenvalue weighted by Crippen LogP contribution is -2.13. The van der Waals surface area contributed by atoms with E-state index in [1.165, 1.54) is 7.11 Å². The number of nitrogens with zero attached hydrogens (tertiary/aromatic N) is 1. The molecular formula is C12H20N2O2. The van der Waals surface area contributed by atoms with Gasteiger partial charge in [0.05, 0.1) is 12.7 Å². The van der Waals surface area contributed by atoms with Crippen LogP contribution in [0.5, 0.6) is 0 Å². The highest BCUT2D eigenvalue weighted by Crippen LogP contribution is 2.22. The van der Waals surface area contributed by atoms with Crippen molar-refractivity contribution in [2.75, 3.05) is 20.7 Å². The average Bonchev–Trinajstić information content (AvgIpc) is 2.50. The van der Waals surface area contributed by atoms with Crippen LogP contribution >= 0.6 is 0 Å². The number of hydrogen-bond donors (Lipinski definition) is 1. The molecule has 0 radical (unpaired) electrons. The van der Waals surface area contributed by atoms with E-state index in [0.717, 1.165) is 35.5 Å². The fourth-order valence-corrected chi connectivity index (χ4v) is 1.95. The van der Waals surface area contributed by atoms with E-state index in [-0.39, 0.29) is 5.97 Å². The second-order valence-corrected chi connectivity index (χ2v) is 3.93. The molecule has 90 valence electrons. The van der Waals surface area contributed by atoms with Gasteiger partial charge in [-0.3, -0.25) is 0 Å². The molecule has 0 unspecified atom stereocenters. The van der Waals surface area contributed by atoms with Gasteiger partial charge in [0.25, 0.3) is 0 Å². The van der Waals surface area contributed by atoms with Crippen molar-refractivity contribution < 1.29 is 9.53 Å². The van der Waals surface area contributed by atoms with Crippen molar-refractivity contribution in [1.82, 2.24) is 9.88 Å². The van der Waals surface area contributed by atoms with Crippen LogP contribution in [0.15, 0.2) is 0 Å². The third-order valence-electron chi connectivity index (χ3n) is 3.12. The van der Waals surface area contributed by atoms with Crippen LogP contribution in [0.1, 0.15) is 27.3 Å². The molecule has 0 bridgehead atoms. The first-order valence-corrected chi connectivity index (χ1v) is 5.42. The number of likely N-dealkylation sites (N-methyl/N-ethyl adjacent to an activating group) is 1. The van der Waals surface area contributed by atoms with E-state index >= 15 is 0 Å². The molecule has 0 atom stereocenters. The Morgan fingerprint density at radius 2 is 2.00 bits per heavy atom. The zero-order chi connectivity index (χ0) is 12.3. The summed E-state index contributed by atoms with van der Waals surface area (Å²) in [7, 11) is 5.30. The van der Waals surface area contributed by atoms with Gasteiger partial charge in [0.2, 0.25) is 0 Å². The number of aromatic nitrogens is 1. The number of nitrogens with one attached hydrogen (secondary N) is 1. The predicted octanol–water partition coefficient (Wildman–Crippen LogP) is 1.19. The minimum Gasteiger partial charge on any atom is -0.465 e. The fourth-order valence-electron chi connectivity index (χ4n) is 1.95. The molecule has 0 aliphatic heterocycles. The van der Waals surface area contributed by atoms with E-state index < -0.39 is 0 Å². The highest BCUT2D eigenvalue weighted by Gasteiger charge is 2.21. The predicted molar refractivity (Wildman–Crippen MR) is 63.9 cm³/mol. The largest absolute Gasteiger partial charge is 0.465 e. The Balaban J connectivity index is 3.22. The topological polar surface area (TPSA) is 43.3 Å². The highest BCUT2D eigenvalue weighted by atomic mass is 16.5. The first-order chi connectivity index (χ1) is 7.54. The molecule has 1 heterocycles. The van der Waals surface area contributed by atoms with Crippen LogP contribution in [0.25, 0.3) is 0 Å². The van der Waals surface area contributed by atoms with Crippen molar-refractivity contribution in [2.24, 2.45) is 7.05 Å². The number of ether oxygens (including phenoxy) is 1. The van der Waals surface area contributed by atoms with E-state index in [9.17, 15) is 4.79 Å². The zero-order valence-corrected chi connectivity index (χ0v) is 10.7. The molecule has 0 aliphatic carbocycles. The van der Waals surface area contributed by atoms with Crippen LogP contribution in [-0.2, 0) is 18.2 Å². The molecule has 0 fully saturated rings. The molecule has 0 saturated heterocycles. The lowest BCUT2D eigenvalue weighted by molar-refractivity contribution is 0.0598. The first-order valence-electron chi connectivity index (χ1n) is 5.42. The third kappa shape index (κ3) is 2.11. The summed E-state index contributed by atoms with van der Waals surface area (Å²) in [6, 6.07) is 0. The minimum absolute atomic E-state index is 0.243. The maximum Gasteiger partial charge on any atom is 0.339 e. The second-order valence-electron chi connectivity index (χ2n) is 3.93. The van der Waals surface area contributed by atoms with Gasteiger partial charge >= 0.3 is 5.97 Å². The van der Waals surface area contributed by atoms with Gasteiger partial charge in [-0.15, -0.1) is 0 Å². The average molecular weight is 224 g/mol. The van der Waals surface area contributed by atoms with Crippen LogP contribution in [-0.4, -0.2) is 31.2 Å². The van der Waals surface area contributed by atoms with Gasteiger partial charge in [-0.05, 0) is 39.4 Å². The summed E-state index contributed by atoms with van der Waals surface area (Å²) in [4.78, 5) is 11.7. The summed E-state index contributed by atoms with van der Waals surface area (Å²) in [6.45, 7) is 4.83. The minimum atomic E-state index is -0.243. The summed E-state index contributed by atoms with van der Waals surface area (Å²) in [5.74, 6) is -0.243. The van der Waals surface area contributed by atoms with Crippen molar-refractivity contribution in [3.8, 4) is 0 Å². The molecule has 0 amide bonds. The number of esters is 1. The molecule has 0 saturated carbocycles. The number of methoxy groups -OCH3 is 1. The van der Waals surface area contributed by atoms with Crippen LogP contribution in [0.2, 0.25) is 0 Å². The van der Waals surface area contributed by atoms with Gasteiger partial charge in [0, 0.05) is 18.4 Å². The van der Waals surface area contributed by atoms with E-state index in [2.05, 4.69) is 5.32 Å². The van der Waals surface area contributed by atoms with Crippen LogP contribution in [0.3, 0.4) is 0 Å². The van der Waals surface area contributed by atoms with Crippen molar-refractivity contribution in [1.29, 1.82) is 0 Å². The molecule has 1 aromatic heterocycles. The highest BCUT2D eigenvalue weighted by molar-refractivity contribution is 5.93. The van der Waals surface area contributed by atoms with E-state index in [1.54, 1.807) is 0 Å². The van der Waals surface area contributed by atoms with E-state index in [0.29, 0.717) is 0 Å². The molecule has 0 spiro atoms. The Kier molecular flexibility index (Phi) is 4.12. The maximum absolute atomic E-state index is 11.7. The van der Waals surface area contributed by atoms with Crippen LogP contribution in [0, 0.1) is 13.8 Å². The van der Waals surface area contributed by atoms with Crippen LogP contribution < -0.4 is 5.32 Å². The second kappa shape index (κ2) is 5.16. The maximum atomic E-state index is 11.7. The first kappa shape index (κ1) is 12.8. The molecule has 4 nitrogen and oxygen atoms in total. The summed E-state index contributed by atoms with van der Waals surface area (Å²) in [6.07, 6.45) is 0.842. The zero-order valence-electron chi connectivity index (χ0n) is 10.7.